The van der Waals surface area contributed by atoms with Crippen molar-refractivity contribution in [1.82, 2.24) is 4.90 Å². The zero-order chi connectivity index (χ0) is 12.2. The van der Waals surface area contributed by atoms with Crippen molar-refractivity contribution in [3.8, 4) is 0 Å². The van der Waals surface area contributed by atoms with Gasteiger partial charge in [-0.1, -0.05) is 0 Å². The number of nitrogens with zero attached hydrogens (tertiary/aromatic N) is 1. The number of ether oxygens (including phenoxy) is 2. The van der Waals surface area contributed by atoms with Gasteiger partial charge in [-0.25, -0.2) is 4.79 Å². The van der Waals surface area contributed by atoms with Gasteiger partial charge >= 0.3 is 6.09 Å². The third-order valence-electron chi connectivity index (χ3n) is 2.24. The van der Waals surface area contributed by atoms with Gasteiger partial charge in [0.05, 0.1) is 19.3 Å². The molecule has 0 saturated carbocycles. The van der Waals surface area contributed by atoms with Crippen molar-refractivity contribution in [2.45, 2.75) is 38.9 Å². The summed E-state index contributed by atoms with van der Waals surface area (Å²) in [5.41, 5.74) is -0.470. The van der Waals surface area contributed by atoms with E-state index in [1.807, 2.05) is 20.8 Å². The number of rotatable bonds is 2. The smallest absolute Gasteiger partial charge is 0.410 e. The van der Waals surface area contributed by atoms with Gasteiger partial charge < -0.3 is 19.5 Å². The van der Waals surface area contributed by atoms with Crippen LogP contribution in [-0.4, -0.2) is 54.1 Å². The molecule has 0 aromatic rings. The molecule has 94 valence electrons. The molecule has 0 radical (unpaired) electrons. The van der Waals surface area contributed by atoms with Crippen LogP contribution in [0.4, 0.5) is 4.79 Å². The summed E-state index contributed by atoms with van der Waals surface area (Å²) in [5.74, 6) is 0. The lowest BCUT2D eigenvalue weighted by Gasteiger charge is -2.34. The minimum absolute atomic E-state index is 0.0762. The minimum atomic E-state index is -0.470. The molecule has 1 aliphatic heterocycles. The van der Waals surface area contributed by atoms with Gasteiger partial charge in [-0.2, -0.15) is 0 Å². The van der Waals surface area contributed by atoms with Crippen LogP contribution in [-0.2, 0) is 9.47 Å². The van der Waals surface area contributed by atoms with Gasteiger partial charge in [-0.3, -0.25) is 0 Å². The average molecular weight is 231 g/mol. The quantitative estimate of drug-likeness (QED) is 0.770. The molecule has 0 spiro atoms. The molecule has 16 heavy (non-hydrogen) atoms. The Morgan fingerprint density at radius 3 is 2.81 bits per heavy atom. The Labute approximate surface area is 96.3 Å². The van der Waals surface area contributed by atoms with Gasteiger partial charge in [-0.15, -0.1) is 0 Å². The summed E-state index contributed by atoms with van der Waals surface area (Å²) >= 11 is 0. The lowest BCUT2D eigenvalue weighted by atomic mass is 10.2. The van der Waals surface area contributed by atoms with Gasteiger partial charge in [-0.05, 0) is 27.2 Å². The number of carbonyl (C=O) groups is 1. The van der Waals surface area contributed by atoms with Crippen LogP contribution in [0.15, 0.2) is 0 Å². The van der Waals surface area contributed by atoms with Crippen LogP contribution in [0.3, 0.4) is 0 Å². The van der Waals surface area contributed by atoms with E-state index in [1.54, 1.807) is 4.90 Å². The maximum atomic E-state index is 11.7. The third-order valence-corrected chi connectivity index (χ3v) is 2.24. The number of aliphatic hydroxyl groups excluding tert-OH is 1. The van der Waals surface area contributed by atoms with Gasteiger partial charge in [0.15, 0.2) is 0 Å². The van der Waals surface area contributed by atoms with E-state index in [4.69, 9.17) is 14.6 Å². The zero-order valence-electron chi connectivity index (χ0n) is 10.2. The lowest BCUT2D eigenvalue weighted by molar-refractivity contribution is -0.0486. The Morgan fingerprint density at radius 2 is 2.25 bits per heavy atom. The number of hydrogen-bond donors (Lipinski definition) is 1. The van der Waals surface area contributed by atoms with Gasteiger partial charge in [0.25, 0.3) is 0 Å². The highest BCUT2D eigenvalue weighted by atomic mass is 16.6. The molecular formula is C11H21NO4. The first-order chi connectivity index (χ1) is 7.42. The maximum absolute atomic E-state index is 11.7. The van der Waals surface area contributed by atoms with Gasteiger partial charge in [0.1, 0.15) is 5.60 Å². The van der Waals surface area contributed by atoms with E-state index in [0.717, 1.165) is 0 Å². The Bertz CT molecular complexity index is 235. The second-order valence-electron chi connectivity index (χ2n) is 4.93. The summed E-state index contributed by atoms with van der Waals surface area (Å²) < 4.78 is 10.7. The number of aliphatic hydroxyl groups is 1. The highest BCUT2D eigenvalue weighted by Crippen LogP contribution is 2.14. The summed E-state index contributed by atoms with van der Waals surface area (Å²) in [6, 6.07) is 0. The Kier molecular flexibility index (Phi) is 4.56. The number of hydrogen-bond acceptors (Lipinski definition) is 4. The molecule has 1 atom stereocenters. The van der Waals surface area contributed by atoms with E-state index < -0.39 is 5.60 Å². The largest absolute Gasteiger partial charge is 0.444 e. The summed E-state index contributed by atoms with van der Waals surface area (Å²) in [6.07, 6.45) is 0.171. The van der Waals surface area contributed by atoms with E-state index >= 15 is 0 Å². The van der Waals surface area contributed by atoms with Crippen LogP contribution in [0.2, 0.25) is 0 Å². The van der Waals surface area contributed by atoms with Gasteiger partial charge in [0, 0.05) is 13.2 Å². The molecule has 1 fully saturated rings. The highest BCUT2D eigenvalue weighted by molar-refractivity contribution is 5.68. The van der Waals surface area contributed by atoms with Crippen molar-refractivity contribution in [2.75, 3.05) is 26.3 Å². The molecule has 1 heterocycles. The number of carbonyl (C=O) groups excluding carboxylic acids is 1. The summed E-state index contributed by atoms with van der Waals surface area (Å²) in [5, 5.41) is 8.82. The fourth-order valence-electron chi connectivity index (χ4n) is 1.53. The SMILES string of the molecule is CC(C)(C)OC(=O)N1CCO[C@@H](CCO)C1. The second-order valence-corrected chi connectivity index (χ2v) is 4.93. The monoisotopic (exact) mass is 231 g/mol. The molecule has 1 rings (SSSR count). The van der Waals surface area contributed by atoms with Crippen molar-refractivity contribution in [3.63, 3.8) is 0 Å². The normalized spacial score (nSPS) is 22.0. The summed E-state index contributed by atoms with van der Waals surface area (Å²) in [7, 11) is 0. The Hall–Kier alpha value is -0.810. The van der Waals surface area contributed by atoms with Crippen LogP contribution in [0.5, 0.6) is 0 Å². The molecule has 0 aromatic carbocycles. The molecule has 1 aliphatic rings. The molecular weight excluding hydrogens is 210 g/mol. The fourth-order valence-corrected chi connectivity index (χ4v) is 1.53. The topological polar surface area (TPSA) is 59.0 Å². The first kappa shape index (κ1) is 13.3. The van der Waals surface area contributed by atoms with Crippen LogP contribution < -0.4 is 0 Å². The van der Waals surface area contributed by atoms with Crippen molar-refractivity contribution < 1.29 is 19.4 Å². The highest BCUT2D eigenvalue weighted by Gasteiger charge is 2.27. The van der Waals surface area contributed by atoms with Crippen molar-refractivity contribution in [3.05, 3.63) is 0 Å². The van der Waals surface area contributed by atoms with Gasteiger partial charge in [0.2, 0.25) is 0 Å². The van der Waals surface area contributed by atoms with E-state index in [-0.39, 0.29) is 18.8 Å². The molecule has 0 aromatic heterocycles. The Morgan fingerprint density at radius 1 is 1.56 bits per heavy atom. The average Bonchev–Trinajstić information content (AvgIpc) is 2.16. The molecule has 0 aliphatic carbocycles. The van der Waals surface area contributed by atoms with Crippen molar-refractivity contribution >= 4 is 6.09 Å². The molecule has 5 heteroatoms. The fraction of sp³-hybridized carbons (Fsp3) is 0.909. The summed E-state index contributed by atoms with van der Waals surface area (Å²) in [4.78, 5) is 13.4. The molecule has 1 saturated heterocycles. The predicted molar refractivity (Wildman–Crippen MR) is 59.2 cm³/mol. The first-order valence-corrected chi connectivity index (χ1v) is 5.63. The van der Waals surface area contributed by atoms with Crippen molar-refractivity contribution in [2.24, 2.45) is 0 Å². The predicted octanol–water partition coefficient (Wildman–Crippen LogP) is 1.00. The van der Waals surface area contributed by atoms with E-state index in [9.17, 15) is 4.79 Å². The zero-order valence-corrected chi connectivity index (χ0v) is 10.2. The standard InChI is InChI=1S/C11H21NO4/c1-11(2,3)16-10(14)12-5-7-15-9(8-12)4-6-13/h9,13H,4-8H2,1-3H3/t9-/m0/s1. The van der Waals surface area contributed by atoms with E-state index in [0.29, 0.717) is 26.1 Å². The first-order valence-electron chi connectivity index (χ1n) is 5.63. The number of morpholine rings is 1. The maximum Gasteiger partial charge on any atom is 0.410 e. The van der Waals surface area contributed by atoms with Crippen LogP contribution in [0.1, 0.15) is 27.2 Å². The summed E-state index contributed by atoms with van der Waals surface area (Å²) in [6.45, 7) is 7.16. The molecule has 0 unspecified atom stereocenters. The van der Waals surface area contributed by atoms with E-state index in [1.165, 1.54) is 0 Å². The molecule has 1 amide bonds. The molecule has 1 N–H and O–H groups in total. The van der Waals surface area contributed by atoms with Crippen LogP contribution in [0.25, 0.3) is 0 Å². The Balaban J connectivity index is 2.44. The molecule has 0 bridgehead atoms. The third kappa shape index (κ3) is 4.37. The second kappa shape index (κ2) is 5.50. The van der Waals surface area contributed by atoms with Crippen LogP contribution in [0, 0.1) is 0 Å². The van der Waals surface area contributed by atoms with Crippen molar-refractivity contribution in [1.29, 1.82) is 0 Å². The van der Waals surface area contributed by atoms with Crippen LogP contribution >= 0.6 is 0 Å². The lowest BCUT2D eigenvalue weighted by Crippen LogP contribution is -2.47. The van der Waals surface area contributed by atoms with E-state index in [2.05, 4.69) is 0 Å². The number of amides is 1. The minimum Gasteiger partial charge on any atom is -0.444 e. The molecule has 5 nitrogen and oxygen atoms in total.